The second-order valence-electron chi connectivity index (χ2n) is 5.96. The zero-order chi connectivity index (χ0) is 17.6. The predicted molar refractivity (Wildman–Crippen MR) is 97.3 cm³/mol. The summed E-state index contributed by atoms with van der Waals surface area (Å²) in [7, 11) is 0. The van der Waals surface area contributed by atoms with Crippen molar-refractivity contribution in [3.63, 3.8) is 0 Å². The van der Waals surface area contributed by atoms with Crippen LogP contribution in [-0.4, -0.2) is 21.7 Å². The van der Waals surface area contributed by atoms with E-state index in [-0.39, 0.29) is 30.6 Å². The fourth-order valence-electron chi connectivity index (χ4n) is 2.76. The van der Waals surface area contributed by atoms with Crippen LogP contribution in [-0.2, 0) is 4.79 Å². The summed E-state index contributed by atoms with van der Waals surface area (Å²) >= 11 is 0. The third kappa shape index (κ3) is 4.12. The molecule has 0 saturated heterocycles. The predicted octanol–water partition coefficient (Wildman–Crippen LogP) is 3.79. The third-order valence-electron chi connectivity index (χ3n) is 4.16. The van der Waals surface area contributed by atoms with E-state index in [0.717, 1.165) is 23.3 Å². The molecule has 1 amide bonds. The van der Waals surface area contributed by atoms with Gasteiger partial charge in [-0.15, -0.1) is 0 Å². The highest BCUT2D eigenvalue weighted by Gasteiger charge is 2.17. The van der Waals surface area contributed by atoms with Gasteiger partial charge in [0.05, 0.1) is 17.1 Å². The van der Waals surface area contributed by atoms with Crippen LogP contribution in [0.3, 0.4) is 0 Å². The maximum atomic E-state index is 12.2. The molecule has 0 aliphatic heterocycles. The van der Waals surface area contributed by atoms with Gasteiger partial charge >= 0.3 is 0 Å². The maximum absolute atomic E-state index is 12.2. The lowest BCUT2D eigenvalue weighted by Crippen LogP contribution is -2.29. The number of nitrogens with zero attached hydrogens (tertiary/aromatic N) is 1. The number of nitrogens with one attached hydrogen (secondary N) is 2. The highest BCUT2D eigenvalue weighted by molar-refractivity contribution is 5.97. The summed E-state index contributed by atoms with van der Waals surface area (Å²) in [5.74, 6) is 0.579. The molecule has 3 rings (SSSR count). The molecule has 0 unspecified atom stereocenters. The minimum absolute atomic E-state index is 0.0208. The number of carbonyl (C=O) groups excluding carboxylic acids is 2. The fourth-order valence-corrected chi connectivity index (χ4v) is 2.76. The van der Waals surface area contributed by atoms with E-state index in [0.29, 0.717) is 5.56 Å². The van der Waals surface area contributed by atoms with E-state index in [2.05, 4.69) is 15.3 Å². The Morgan fingerprint density at radius 3 is 2.48 bits per heavy atom. The lowest BCUT2D eigenvalue weighted by Gasteiger charge is -2.14. The molecule has 128 valence electrons. The molecule has 0 fully saturated rings. The van der Waals surface area contributed by atoms with Crippen LogP contribution in [0, 0.1) is 0 Å². The average molecular weight is 335 g/mol. The van der Waals surface area contributed by atoms with Crippen molar-refractivity contribution in [3.8, 4) is 0 Å². The summed E-state index contributed by atoms with van der Waals surface area (Å²) in [6.45, 7) is 1.99. The van der Waals surface area contributed by atoms with Gasteiger partial charge in [-0.3, -0.25) is 9.59 Å². The molecular weight excluding hydrogens is 314 g/mol. The number of Topliss-reactive ketones (excluding diaryl/α,β-unsaturated/α-hetero) is 1. The molecule has 0 saturated carbocycles. The highest BCUT2D eigenvalue weighted by atomic mass is 16.2. The van der Waals surface area contributed by atoms with Crippen LogP contribution in [0.2, 0.25) is 0 Å². The van der Waals surface area contributed by atoms with Gasteiger partial charge < -0.3 is 10.3 Å². The Kier molecular flexibility index (Phi) is 5.23. The minimum Gasteiger partial charge on any atom is -0.346 e. The Balaban J connectivity index is 1.59. The van der Waals surface area contributed by atoms with Crippen LogP contribution in [0.15, 0.2) is 54.6 Å². The first kappa shape index (κ1) is 16.9. The van der Waals surface area contributed by atoms with Crippen molar-refractivity contribution in [2.45, 2.75) is 32.2 Å². The van der Waals surface area contributed by atoms with Crippen molar-refractivity contribution < 1.29 is 9.59 Å². The number of para-hydroxylation sites is 2. The van der Waals surface area contributed by atoms with Gasteiger partial charge in [0.15, 0.2) is 5.78 Å². The van der Waals surface area contributed by atoms with Crippen molar-refractivity contribution in [1.82, 2.24) is 15.3 Å². The molecule has 1 heterocycles. The Morgan fingerprint density at radius 2 is 1.76 bits per heavy atom. The monoisotopic (exact) mass is 335 g/mol. The number of aromatic amines is 1. The molecule has 5 nitrogen and oxygen atoms in total. The molecule has 2 N–H and O–H groups in total. The van der Waals surface area contributed by atoms with E-state index in [1.165, 1.54) is 0 Å². The molecule has 0 radical (unpaired) electrons. The Labute approximate surface area is 146 Å². The van der Waals surface area contributed by atoms with Crippen molar-refractivity contribution in [1.29, 1.82) is 0 Å². The molecular formula is C20H21N3O2. The van der Waals surface area contributed by atoms with Crippen molar-refractivity contribution in [2.24, 2.45) is 0 Å². The number of benzene rings is 2. The molecule has 1 atom stereocenters. The number of H-pyrrole nitrogens is 1. The van der Waals surface area contributed by atoms with E-state index < -0.39 is 0 Å². The van der Waals surface area contributed by atoms with Gasteiger partial charge in [0, 0.05) is 18.4 Å². The molecule has 5 heteroatoms. The summed E-state index contributed by atoms with van der Waals surface area (Å²) in [4.78, 5) is 32.1. The van der Waals surface area contributed by atoms with E-state index in [4.69, 9.17) is 0 Å². The number of amides is 1. The van der Waals surface area contributed by atoms with Gasteiger partial charge in [0.1, 0.15) is 5.82 Å². The van der Waals surface area contributed by atoms with Crippen LogP contribution in [0.5, 0.6) is 0 Å². The number of hydrogen-bond acceptors (Lipinski definition) is 3. The summed E-state index contributed by atoms with van der Waals surface area (Å²) in [6.07, 6.45) is 1.09. The van der Waals surface area contributed by atoms with Gasteiger partial charge in [-0.1, -0.05) is 49.4 Å². The van der Waals surface area contributed by atoms with Crippen LogP contribution in [0.25, 0.3) is 11.0 Å². The van der Waals surface area contributed by atoms with Crippen LogP contribution in [0.1, 0.15) is 48.4 Å². The Morgan fingerprint density at radius 1 is 1.04 bits per heavy atom. The molecule has 0 spiro atoms. The maximum Gasteiger partial charge on any atom is 0.221 e. The first-order chi connectivity index (χ1) is 12.2. The standard InChI is InChI=1S/C20H21N3O2/c1-2-15(20-22-16-10-6-7-11-17(16)23-20)21-19(25)13-12-18(24)14-8-4-3-5-9-14/h3-11,15H,2,12-13H2,1H3,(H,21,25)(H,22,23)/t15-/m0/s1. The van der Waals surface area contributed by atoms with Gasteiger partial charge in [-0.2, -0.15) is 0 Å². The van der Waals surface area contributed by atoms with Crippen LogP contribution in [0.4, 0.5) is 0 Å². The summed E-state index contributed by atoms with van der Waals surface area (Å²) in [6, 6.07) is 16.6. The molecule has 3 aromatic rings. The number of hydrogen-bond donors (Lipinski definition) is 2. The smallest absolute Gasteiger partial charge is 0.221 e. The summed E-state index contributed by atoms with van der Waals surface area (Å²) in [5, 5.41) is 2.97. The lowest BCUT2D eigenvalue weighted by molar-refractivity contribution is -0.121. The normalized spacial score (nSPS) is 12.0. The summed E-state index contributed by atoms with van der Waals surface area (Å²) < 4.78 is 0. The fraction of sp³-hybridized carbons (Fsp3) is 0.250. The Hall–Kier alpha value is -2.95. The van der Waals surface area contributed by atoms with Crippen LogP contribution < -0.4 is 5.32 Å². The number of rotatable bonds is 7. The number of aromatic nitrogens is 2. The average Bonchev–Trinajstić information content (AvgIpc) is 3.08. The van der Waals surface area contributed by atoms with Gasteiger partial charge in [0.25, 0.3) is 0 Å². The van der Waals surface area contributed by atoms with Gasteiger partial charge in [-0.25, -0.2) is 4.98 Å². The van der Waals surface area contributed by atoms with E-state index in [1.807, 2.05) is 49.4 Å². The number of fused-ring (bicyclic) bond motifs is 1. The van der Waals surface area contributed by atoms with Gasteiger partial charge in [-0.05, 0) is 18.6 Å². The second kappa shape index (κ2) is 7.75. The molecule has 2 aromatic carbocycles. The highest BCUT2D eigenvalue weighted by Crippen LogP contribution is 2.18. The minimum atomic E-state index is -0.188. The topological polar surface area (TPSA) is 74.8 Å². The quantitative estimate of drug-likeness (QED) is 0.645. The first-order valence-electron chi connectivity index (χ1n) is 8.49. The number of imidazole rings is 1. The second-order valence-corrected chi connectivity index (χ2v) is 5.96. The summed E-state index contributed by atoms with van der Waals surface area (Å²) in [5.41, 5.74) is 2.47. The van der Waals surface area contributed by atoms with Crippen LogP contribution >= 0.6 is 0 Å². The third-order valence-corrected chi connectivity index (χ3v) is 4.16. The largest absolute Gasteiger partial charge is 0.346 e. The van der Waals surface area contributed by atoms with Crippen molar-refractivity contribution in [3.05, 3.63) is 66.0 Å². The number of carbonyl (C=O) groups is 2. The number of ketones is 1. The first-order valence-corrected chi connectivity index (χ1v) is 8.49. The van der Waals surface area contributed by atoms with Crippen molar-refractivity contribution in [2.75, 3.05) is 0 Å². The molecule has 25 heavy (non-hydrogen) atoms. The van der Waals surface area contributed by atoms with Gasteiger partial charge in [0.2, 0.25) is 5.91 Å². The zero-order valence-corrected chi connectivity index (χ0v) is 14.2. The zero-order valence-electron chi connectivity index (χ0n) is 14.2. The Bertz CT molecular complexity index is 838. The molecule has 0 bridgehead atoms. The van der Waals surface area contributed by atoms with E-state index >= 15 is 0 Å². The van der Waals surface area contributed by atoms with E-state index in [9.17, 15) is 9.59 Å². The van der Waals surface area contributed by atoms with Crippen molar-refractivity contribution >= 4 is 22.7 Å². The molecule has 0 aliphatic rings. The van der Waals surface area contributed by atoms with E-state index in [1.54, 1.807) is 12.1 Å². The molecule has 1 aromatic heterocycles. The molecule has 0 aliphatic carbocycles. The lowest BCUT2D eigenvalue weighted by atomic mass is 10.1. The SMILES string of the molecule is CC[C@H](NC(=O)CCC(=O)c1ccccc1)c1nc2ccccc2[nH]1.